The molecule has 0 amide bonds. The summed E-state index contributed by atoms with van der Waals surface area (Å²) in [5, 5.41) is 0. The molecule has 0 N–H and O–H groups in total. The van der Waals surface area contributed by atoms with Crippen LogP contribution in [0.1, 0.15) is 22.3 Å². The molecule has 4 heteroatoms. The minimum Gasteiger partial charge on any atom is -0.478 e. The predicted molar refractivity (Wildman–Crippen MR) is 134 cm³/mol. The molecule has 0 fully saturated rings. The summed E-state index contributed by atoms with van der Waals surface area (Å²) in [7, 11) is 0. The van der Waals surface area contributed by atoms with Crippen LogP contribution in [0.4, 0.5) is 0 Å². The fourth-order valence-corrected chi connectivity index (χ4v) is 4.83. The van der Waals surface area contributed by atoms with Gasteiger partial charge in [-0.3, -0.25) is 9.80 Å². The van der Waals surface area contributed by atoms with Crippen molar-refractivity contribution in [3.05, 3.63) is 119 Å². The van der Waals surface area contributed by atoms with Gasteiger partial charge in [0.2, 0.25) is 0 Å². The minimum absolute atomic E-state index is 0.620. The predicted octanol–water partition coefficient (Wildman–Crippen LogP) is 6.06. The molecular formula is C30H28N2O2. The smallest absolute Gasteiger partial charge is 0.142 e. The van der Waals surface area contributed by atoms with Crippen LogP contribution in [0, 0.1) is 0 Å². The summed E-state index contributed by atoms with van der Waals surface area (Å²) in [5.41, 5.74) is 7.51. The van der Waals surface area contributed by atoms with E-state index in [1.54, 1.807) is 0 Å². The summed E-state index contributed by atoms with van der Waals surface area (Å²) in [4.78, 5) is 4.67. The molecule has 0 atom stereocenters. The maximum Gasteiger partial charge on any atom is 0.142 e. The molecule has 4 aromatic carbocycles. The van der Waals surface area contributed by atoms with E-state index in [1.807, 2.05) is 0 Å². The Balaban J connectivity index is 1.20. The van der Waals surface area contributed by atoms with Gasteiger partial charge in [0.05, 0.1) is 0 Å². The van der Waals surface area contributed by atoms with E-state index in [4.69, 9.17) is 9.47 Å². The summed E-state index contributed by atoms with van der Waals surface area (Å²) in [6, 6.07) is 34.3. The minimum atomic E-state index is 0.620. The number of ether oxygens (including phenoxy) is 2. The summed E-state index contributed by atoms with van der Waals surface area (Å²) in [6.07, 6.45) is 0. The highest BCUT2D eigenvalue weighted by Crippen LogP contribution is 2.34. The normalized spacial score (nSPS) is 15.6. The van der Waals surface area contributed by atoms with E-state index in [0.29, 0.717) is 13.5 Å². The lowest BCUT2D eigenvalue weighted by Crippen LogP contribution is -2.31. The summed E-state index contributed by atoms with van der Waals surface area (Å²) in [5.74, 6) is 1.98. The maximum atomic E-state index is 6.06. The van der Waals surface area contributed by atoms with Crippen LogP contribution in [0.15, 0.2) is 97.1 Å². The van der Waals surface area contributed by atoms with Crippen LogP contribution in [0.5, 0.6) is 11.5 Å². The first-order valence-electron chi connectivity index (χ1n) is 11.8. The van der Waals surface area contributed by atoms with Crippen LogP contribution >= 0.6 is 0 Å². The maximum absolute atomic E-state index is 6.06. The molecule has 4 aromatic rings. The van der Waals surface area contributed by atoms with Crippen LogP contribution in [-0.4, -0.2) is 23.3 Å². The first-order chi connectivity index (χ1) is 16.8. The van der Waals surface area contributed by atoms with Gasteiger partial charge < -0.3 is 9.47 Å². The Bertz CT molecular complexity index is 1170. The van der Waals surface area contributed by atoms with Gasteiger partial charge in [-0.25, -0.2) is 0 Å². The SMILES string of the molecule is c1ccc(CN2COc3ccc(-c4ccc5c(c4)CN(Cc4ccccc4)CO5)cc3C2)cc1. The zero-order valence-electron chi connectivity index (χ0n) is 19.2. The Morgan fingerprint density at radius 1 is 0.529 bits per heavy atom. The number of fused-ring (bicyclic) bond motifs is 2. The van der Waals surface area contributed by atoms with Crippen LogP contribution in [0.3, 0.4) is 0 Å². The Kier molecular flexibility index (Phi) is 5.76. The fraction of sp³-hybridized carbons (Fsp3) is 0.200. The highest BCUT2D eigenvalue weighted by atomic mass is 16.5. The largest absolute Gasteiger partial charge is 0.478 e. The van der Waals surface area contributed by atoms with Gasteiger partial charge in [-0.1, -0.05) is 72.8 Å². The first kappa shape index (κ1) is 21.0. The van der Waals surface area contributed by atoms with Crippen molar-refractivity contribution in [1.29, 1.82) is 0 Å². The van der Waals surface area contributed by atoms with Crippen molar-refractivity contribution in [3.8, 4) is 22.6 Å². The Labute approximate surface area is 201 Å². The quantitative estimate of drug-likeness (QED) is 0.371. The molecule has 0 unspecified atom stereocenters. The van der Waals surface area contributed by atoms with E-state index in [-0.39, 0.29) is 0 Å². The standard InChI is InChI=1S/C30H28N2O2/c1-3-7-23(8-4-1)17-31-19-27-15-25(11-13-29(27)33-21-31)26-12-14-30-28(16-26)20-32(22-34-30)18-24-9-5-2-6-10-24/h1-16H,17-22H2. The van der Waals surface area contributed by atoms with Gasteiger partial charge >= 0.3 is 0 Å². The van der Waals surface area contributed by atoms with Gasteiger partial charge in [-0.15, -0.1) is 0 Å². The second-order valence-corrected chi connectivity index (χ2v) is 9.14. The Morgan fingerprint density at radius 2 is 0.971 bits per heavy atom. The van der Waals surface area contributed by atoms with Crippen molar-refractivity contribution in [3.63, 3.8) is 0 Å². The van der Waals surface area contributed by atoms with Crippen molar-refractivity contribution in [2.45, 2.75) is 26.2 Å². The van der Waals surface area contributed by atoms with Crippen LogP contribution in [0.25, 0.3) is 11.1 Å². The monoisotopic (exact) mass is 448 g/mol. The number of rotatable bonds is 5. The molecule has 2 aliphatic rings. The summed E-state index contributed by atoms with van der Waals surface area (Å²) >= 11 is 0. The zero-order chi connectivity index (χ0) is 22.7. The molecule has 6 rings (SSSR count). The van der Waals surface area contributed by atoms with Crippen LogP contribution in [-0.2, 0) is 26.2 Å². The molecule has 170 valence electrons. The van der Waals surface area contributed by atoms with E-state index in [1.165, 1.54) is 33.4 Å². The average Bonchev–Trinajstić information content (AvgIpc) is 2.89. The average molecular weight is 449 g/mol. The van der Waals surface area contributed by atoms with Gasteiger partial charge in [0.15, 0.2) is 0 Å². The molecule has 4 nitrogen and oxygen atoms in total. The van der Waals surface area contributed by atoms with E-state index in [9.17, 15) is 0 Å². The molecule has 2 heterocycles. The molecule has 0 saturated heterocycles. The van der Waals surface area contributed by atoms with Gasteiger partial charge in [0.1, 0.15) is 25.0 Å². The van der Waals surface area contributed by atoms with Crippen LogP contribution < -0.4 is 9.47 Å². The van der Waals surface area contributed by atoms with E-state index >= 15 is 0 Å². The molecule has 0 radical (unpaired) electrons. The molecule has 0 bridgehead atoms. The van der Waals surface area contributed by atoms with Crippen LogP contribution in [0.2, 0.25) is 0 Å². The van der Waals surface area contributed by atoms with Crippen molar-refractivity contribution in [2.24, 2.45) is 0 Å². The fourth-order valence-electron chi connectivity index (χ4n) is 4.83. The second-order valence-electron chi connectivity index (χ2n) is 9.14. The molecule has 34 heavy (non-hydrogen) atoms. The third kappa shape index (κ3) is 4.56. The Hall–Kier alpha value is -3.60. The van der Waals surface area contributed by atoms with Gasteiger partial charge in [0, 0.05) is 37.3 Å². The number of hydrogen-bond acceptors (Lipinski definition) is 4. The van der Waals surface area contributed by atoms with Crippen molar-refractivity contribution in [2.75, 3.05) is 13.5 Å². The van der Waals surface area contributed by atoms with E-state index in [2.05, 4.69) is 107 Å². The highest BCUT2D eigenvalue weighted by molar-refractivity contribution is 5.68. The number of hydrogen-bond donors (Lipinski definition) is 0. The van der Waals surface area contributed by atoms with E-state index in [0.717, 1.165) is 37.7 Å². The summed E-state index contributed by atoms with van der Waals surface area (Å²) in [6.45, 7) is 4.78. The topological polar surface area (TPSA) is 24.9 Å². The second kappa shape index (κ2) is 9.34. The van der Waals surface area contributed by atoms with Crippen molar-refractivity contribution < 1.29 is 9.47 Å². The van der Waals surface area contributed by atoms with Crippen molar-refractivity contribution in [1.82, 2.24) is 9.80 Å². The third-order valence-electron chi connectivity index (χ3n) is 6.55. The molecule has 0 saturated carbocycles. The molecule has 0 spiro atoms. The lowest BCUT2D eigenvalue weighted by molar-refractivity contribution is 0.0886. The van der Waals surface area contributed by atoms with Gasteiger partial charge in [-0.2, -0.15) is 0 Å². The lowest BCUT2D eigenvalue weighted by Gasteiger charge is -2.30. The highest BCUT2D eigenvalue weighted by Gasteiger charge is 2.20. The lowest BCUT2D eigenvalue weighted by atomic mass is 9.98. The number of benzene rings is 4. The third-order valence-corrected chi connectivity index (χ3v) is 6.55. The van der Waals surface area contributed by atoms with Crippen molar-refractivity contribution >= 4 is 0 Å². The number of nitrogens with zero attached hydrogens (tertiary/aromatic N) is 2. The first-order valence-corrected chi connectivity index (χ1v) is 11.8. The summed E-state index contributed by atoms with van der Waals surface area (Å²) < 4.78 is 12.1. The molecule has 0 aromatic heterocycles. The Morgan fingerprint density at radius 3 is 1.41 bits per heavy atom. The molecule has 2 aliphatic heterocycles. The van der Waals surface area contributed by atoms with Gasteiger partial charge in [-0.05, 0) is 46.5 Å². The molecule has 0 aliphatic carbocycles. The van der Waals surface area contributed by atoms with Gasteiger partial charge in [0.25, 0.3) is 0 Å². The van der Waals surface area contributed by atoms with E-state index < -0.39 is 0 Å². The zero-order valence-corrected chi connectivity index (χ0v) is 19.2. The molecular weight excluding hydrogens is 420 g/mol.